The Bertz CT molecular complexity index is 631. The lowest BCUT2D eigenvalue weighted by Crippen LogP contribution is -2.04. The maximum atomic E-state index is 10.0. The number of rotatable bonds is 2. The van der Waals surface area contributed by atoms with Crippen molar-refractivity contribution in [2.75, 3.05) is 0 Å². The molecule has 0 atom stereocenters. The fraction of sp³-hybridized carbons (Fsp3) is 0.294. The summed E-state index contributed by atoms with van der Waals surface area (Å²) in [6.07, 6.45) is 3.07. The Morgan fingerprint density at radius 3 is 2.63 bits per heavy atom. The maximum absolute atomic E-state index is 10.0. The molecule has 2 heteroatoms. The first-order chi connectivity index (χ1) is 9.22. The summed E-state index contributed by atoms with van der Waals surface area (Å²) in [5.41, 5.74) is 5.49. The Labute approximate surface area is 118 Å². The standard InChI is InChI=1S/C17H18OS/c1-3-11-8-12(4-2)16-14(9-11)10-13-6-5-7-15(18)17(13)19-16/h5-9,18H,3-4,10H2,1-2H3. The van der Waals surface area contributed by atoms with Crippen LogP contribution in [0.25, 0.3) is 0 Å². The van der Waals surface area contributed by atoms with E-state index in [1.807, 2.05) is 6.07 Å². The van der Waals surface area contributed by atoms with E-state index >= 15 is 0 Å². The molecule has 1 aliphatic heterocycles. The number of hydrogen-bond acceptors (Lipinski definition) is 2. The average molecular weight is 270 g/mol. The van der Waals surface area contributed by atoms with Crippen LogP contribution >= 0.6 is 11.8 Å². The van der Waals surface area contributed by atoms with Gasteiger partial charge in [-0.3, -0.25) is 0 Å². The van der Waals surface area contributed by atoms with Gasteiger partial charge in [-0.1, -0.05) is 49.9 Å². The summed E-state index contributed by atoms with van der Waals surface area (Å²) in [5.74, 6) is 0.412. The van der Waals surface area contributed by atoms with Gasteiger partial charge in [0.15, 0.2) is 0 Å². The monoisotopic (exact) mass is 270 g/mol. The molecule has 0 fully saturated rings. The van der Waals surface area contributed by atoms with Crippen molar-refractivity contribution in [1.82, 2.24) is 0 Å². The third-order valence-corrected chi connectivity index (χ3v) is 5.16. The molecule has 0 saturated heterocycles. The van der Waals surface area contributed by atoms with Gasteiger partial charge in [0.2, 0.25) is 0 Å². The molecule has 0 radical (unpaired) electrons. The van der Waals surface area contributed by atoms with Crippen LogP contribution in [0.5, 0.6) is 5.75 Å². The van der Waals surface area contributed by atoms with Crippen LogP contribution in [0.1, 0.15) is 36.1 Å². The van der Waals surface area contributed by atoms with Crippen LogP contribution in [0.4, 0.5) is 0 Å². The first-order valence-electron chi connectivity index (χ1n) is 6.86. The van der Waals surface area contributed by atoms with Gasteiger partial charge in [-0.2, -0.15) is 0 Å². The van der Waals surface area contributed by atoms with Gasteiger partial charge in [0.1, 0.15) is 5.75 Å². The molecule has 98 valence electrons. The van der Waals surface area contributed by atoms with E-state index in [1.54, 1.807) is 17.8 Å². The predicted octanol–water partition coefficient (Wildman–Crippen LogP) is 4.57. The van der Waals surface area contributed by atoms with Crippen LogP contribution in [-0.2, 0) is 19.3 Å². The Kier molecular flexibility index (Phi) is 3.28. The molecular weight excluding hydrogens is 252 g/mol. The number of aromatic hydroxyl groups is 1. The quantitative estimate of drug-likeness (QED) is 0.736. The largest absolute Gasteiger partial charge is 0.507 e. The molecule has 0 unspecified atom stereocenters. The fourth-order valence-corrected chi connectivity index (χ4v) is 3.94. The highest BCUT2D eigenvalue weighted by Crippen LogP contribution is 2.45. The minimum absolute atomic E-state index is 0.412. The van der Waals surface area contributed by atoms with Crippen molar-refractivity contribution >= 4 is 11.8 Å². The highest BCUT2D eigenvalue weighted by atomic mass is 32.2. The van der Waals surface area contributed by atoms with Crippen molar-refractivity contribution in [3.8, 4) is 5.75 Å². The third-order valence-electron chi connectivity index (χ3n) is 3.75. The van der Waals surface area contributed by atoms with Crippen LogP contribution in [0.15, 0.2) is 40.1 Å². The summed E-state index contributed by atoms with van der Waals surface area (Å²) in [4.78, 5) is 2.39. The number of benzene rings is 2. The highest BCUT2D eigenvalue weighted by Gasteiger charge is 2.21. The topological polar surface area (TPSA) is 20.2 Å². The highest BCUT2D eigenvalue weighted by molar-refractivity contribution is 7.99. The van der Waals surface area contributed by atoms with Gasteiger partial charge in [-0.05, 0) is 47.6 Å². The van der Waals surface area contributed by atoms with Crippen molar-refractivity contribution < 1.29 is 5.11 Å². The molecule has 0 bridgehead atoms. The van der Waals surface area contributed by atoms with E-state index in [0.29, 0.717) is 5.75 Å². The van der Waals surface area contributed by atoms with Gasteiger partial charge < -0.3 is 5.11 Å². The van der Waals surface area contributed by atoms with Crippen molar-refractivity contribution in [3.05, 3.63) is 52.6 Å². The summed E-state index contributed by atoms with van der Waals surface area (Å²) in [6.45, 7) is 4.41. The second-order valence-electron chi connectivity index (χ2n) is 4.99. The van der Waals surface area contributed by atoms with Crippen molar-refractivity contribution in [3.63, 3.8) is 0 Å². The zero-order valence-corrected chi connectivity index (χ0v) is 12.2. The molecule has 0 saturated carbocycles. The van der Waals surface area contributed by atoms with E-state index in [9.17, 15) is 5.11 Å². The molecule has 1 heterocycles. The van der Waals surface area contributed by atoms with E-state index in [1.165, 1.54) is 27.1 Å². The first kappa shape index (κ1) is 12.6. The summed E-state index contributed by atoms with van der Waals surface area (Å²) >= 11 is 1.73. The zero-order valence-electron chi connectivity index (χ0n) is 11.4. The van der Waals surface area contributed by atoms with Crippen LogP contribution < -0.4 is 0 Å². The normalized spacial score (nSPS) is 12.9. The summed E-state index contributed by atoms with van der Waals surface area (Å²) in [7, 11) is 0. The Balaban J connectivity index is 2.14. The number of fused-ring (bicyclic) bond motifs is 2. The van der Waals surface area contributed by atoms with E-state index in [0.717, 1.165) is 24.2 Å². The molecule has 0 spiro atoms. The Morgan fingerprint density at radius 2 is 1.89 bits per heavy atom. The van der Waals surface area contributed by atoms with E-state index in [-0.39, 0.29) is 0 Å². The van der Waals surface area contributed by atoms with Gasteiger partial charge in [-0.25, -0.2) is 0 Å². The SMILES string of the molecule is CCc1cc(CC)c2c(c1)Cc1cccc(O)c1S2. The third kappa shape index (κ3) is 2.14. The summed E-state index contributed by atoms with van der Waals surface area (Å²) < 4.78 is 0. The average Bonchev–Trinajstić information content (AvgIpc) is 2.44. The van der Waals surface area contributed by atoms with Gasteiger partial charge in [0.25, 0.3) is 0 Å². The number of phenols is 1. The first-order valence-corrected chi connectivity index (χ1v) is 7.68. The molecule has 1 aliphatic rings. The fourth-order valence-electron chi connectivity index (χ4n) is 2.69. The van der Waals surface area contributed by atoms with Crippen molar-refractivity contribution in [2.24, 2.45) is 0 Å². The second kappa shape index (κ2) is 4.93. The number of hydrogen-bond donors (Lipinski definition) is 1. The molecule has 1 N–H and O–H groups in total. The predicted molar refractivity (Wildman–Crippen MR) is 80.2 cm³/mol. The van der Waals surface area contributed by atoms with Gasteiger partial charge in [0.05, 0.1) is 4.90 Å². The van der Waals surface area contributed by atoms with Crippen molar-refractivity contribution in [2.45, 2.75) is 42.9 Å². The molecule has 3 rings (SSSR count). The molecule has 19 heavy (non-hydrogen) atoms. The van der Waals surface area contributed by atoms with Crippen LogP contribution in [0, 0.1) is 0 Å². The van der Waals surface area contributed by atoms with Gasteiger partial charge >= 0.3 is 0 Å². The van der Waals surface area contributed by atoms with E-state index in [2.05, 4.69) is 32.0 Å². The van der Waals surface area contributed by atoms with Gasteiger partial charge in [0, 0.05) is 4.90 Å². The Morgan fingerprint density at radius 1 is 1.05 bits per heavy atom. The molecule has 2 aromatic rings. The molecule has 2 aromatic carbocycles. The van der Waals surface area contributed by atoms with E-state index < -0.39 is 0 Å². The minimum atomic E-state index is 0.412. The van der Waals surface area contributed by atoms with Crippen LogP contribution in [0.2, 0.25) is 0 Å². The lowest BCUT2D eigenvalue weighted by Gasteiger charge is -2.23. The lowest BCUT2D eigenvalue weighted by atomic mass is 9.97. The maximum Gasteiger partial charge on any atom is 0.129 e. The second-order valence-corrected chi connectivity index (χ2v) is 6.02. The number of aryl methyl sites for hydroxylation is 2. The molecule has 0 aromatic heterocycles. The van der Waals surface area contributed by atoms with Gasteiger partial charge in [-0.15, -0.1) is 0 Å². The van der Waals surface area contributed by atoms with Crippen LogP contribution in [0.3, 0.4) is 0 Å². The minimum Gasteiger partial charge on any atom is -0.507 e. The Hall–Kier alpha value is -1.41. The zero-order chi connectivity index (χ0) is 13.4. The number of phenolic OH excluding ortho intramolecular Hbond substituents is 1. The lowest BCUT2D eigenvalue weighted by molar-refractivity contribution is 0.461. The molecule has 0 amide bonds. The summed E-state index contributed by atoms with van der Waals surface area (Å²) in [6, 6.07) is 10.5. The van der Waals surface area contributed by atoms with E-state index in [4.69, 9.17) is 0 Å². The van der Waals surface area contributed by atoms with Crippen LogP contribution in [-0.4, -0.2) is 5.11 Å². The van der Waals surface area contributed by atoms with Crippen molar-refractivity contribution in [1.29, 1.82) is 0 Å². The molecule has 0 aliphatic carbocycles. The summed E-state index contributed by atoms with van der Waals surface area (Å²) in [5, 5.41) is 10.0. The molecular formula is C17H18OS. The smallest absolute Gasteiger partial charge is 0.129 e. The molecule has 1 nitrogen and oxygen atoms in total.